The van der Waals surface area contributed by atoms with Gasteiger partial charge in [0.05, 0.1) is 11.3 Å². The van der Waals surface area contributed by atoms with Crippen molar-refractivity contribution >= 4 is 0 Å². The summed E-state index contributed by atoms with van der Waals surface area (Å²) in [5, 5.41) is 3.53. The third-order valence-electron chi connectivity index (χ3n) is 4.04. The van der Waals surface area contributed by atoms with Crippen LogP contribution in [0.3, 0.4) is 0 Å². The Morgan fingerprint density at radius 2 is 1.35 bits per heavy atom. The normalized spacial score (nSPS) is 17.1. The van der Waals surface area contributed by atoms with E-state index < -0.39 is 0 Å². The van der Waals surface area contributed by atoms with Crippen molar-refractivity contribution in [3.05, 3.63) is 0 Å². The number of nitrogens with two attached hydrogens (primary N) is 1. The molecular formula is C17H38N2O. The van der Waals surface area contributed by atoms with Gasteiger partial charge in [0.1, 0.15) is 0 Å². The van der Waals surface area contributed by atoms with E-state index >= 15 is 0 Å². The van der Waals surface area contributed by atoms with Crippen LogP contribution in [-0.2, 0) is 4.74 Å². The molecule has 0 aliphatic carbocycles. The van der Waals surface area contributed by atoms with Gasteiger partial charge in [-0.1, -0.05) is 34.6 Å². The van der Waals surface area contributed by atoms with Gasteiger partial charge in [-0.2, -0.15) is 0 Å². The van der Waals surface area contributed by atoms with Crippen molar-refractivity contribution < 1.29 is 4.74 Å². The smallest absolute Gasteiger partial charge is 0.0686 e. The van der Waals surface area contributed by atoms with Gasteiger partial charge in [0.2, 0.25) is 0 Å². The number of rotatable bonds is 7. The molecule has 3 nitrogen and oxygen atoms in total. The largest absolute Gasteiger partial charge is 0.376 e. The van der Waals surface area contributed by atoms with Gasteiger partial charge in [-0.15, -0.1) is 0 Å². The second-order valence-corrected chi connectivity index (χ2v) is 9.03. The molecule has 0 aliphatic rings. The van der Waals surface area contributed by atoms with Crippen molar-refractivity contribution in [3.8, 4) is 0 Å². The van der Waals surface area contributed by atoms with Gasteiger partial charge in [-0.25, -0.2) is 0 Å². The molecule has 1 unspecified atom stereocenters. The van der Waals surface area contributed by atoms with Crippen LogP contribution < -0.4 is 11.1 Å². The van der Waals surface area contributed by atoms with Gasteiger partial charge in [0.15, 0.2) is 0 Å². The summed E-state index contributed by atoms with van der Waals surface area (Å²) >= 11 is 0. The number of hydrogen-bond acceptors (Lipinski definition) is 3. The van der Waals surface area contributed by atoms with E-state index in [4.69, 9.17) is 10.5 Å². The average molecular weight is 287 g/mol. The van der Waals surface area contributed by atoms with Crippen molar-refractivity contribution in [2.24, 2.45) is 16.6 Å². The summed E-state index contributed by atoms with van der Waals surface area (Å²) in [6.45, 7) is 21.2. The van der Waals surface area contributed by atoms with Crippen LogP contribution in [0.5, 0.6) is 0 Å². The predicted molar refractivity (Wildman–Crippen MR) is 88.8 cm³/mol. The Morgan fingerprint density at radius 3 is 1.75 bits per heavy atom. The van der Waals surface area contributed by atoms with E-state index in [-0.39, 0.29) is 16.7 Å². The molecule has 0 aromatic heterocycles. The Bertz CT molecular complexity index is 252. The van der Waals surface area contributed by atoms with Crippen LogP contribution in [0.4, 0.5) is 0 Å². The topological polar surface area (TPSA) is 47.3 Å². The fraction of sp³-hybridized carbons (Fsp3) is 1.00. The molecule has 3 heteroatoms. The monoisotopic (exact) mass is 286 g/mol. The van der Waals surface area contributed by atoms with Crippen molar-refractivity contribution in [3.63, 3.8) is 0 Å². The summed E-state index contributed by atoms with van der Waals surface area (Å²) in [6.07, 6.45) is 2.06. The maximum atomic E-state index is 6.51. The Morgan fingerprint density at radius 1 is 0.850 bits per heavy atom. The van der Waals surface area contributed by atoms with Crippen LogP contribution in [0.1, 0.15) is 75.2 Å². The Kier molecular flexibility index (Phi) is 6.72. The highest BCUT2D eigenvalue weighted by molar-refractivity contribution is 4.92. The molecule has 3 N–H and O–H groups in total. The average Bonchev–Trinajstić information content (AvgIpc) is 2.11. The summed E-state index contributed by atoms with van der Waals surface area (Å²) in [6, 6.07) is 0. The lowest BCUT2D eigenvalue weighted by Gasteiger charge is -2.43. The molecule has 0 amide bonds. The lowest BCUT2D eigenvalue weighted by atomic mass is 9.77. The molecule has 0 aromatic rings. The fourth-order valence-electron chi connectivity index (χ4n) is 1.81. The van der Waals surface area contributed by atoms with E-state index in [1.165, 1.54) is 0 Å². The first-order chi connectivity index (χ1) is 8.66. The van der Waals surface area contributed by atoms with Crippen LogP contribution >= 0.6 is 0 Å². The van der Waals surface area contributed by atoms with Gasteiger partial charge in [-0.3, -0.25) is 5.32 Å². The van der Waals surface area contributed by atoms with Crippen LogP contribution in [0, 0.1) is 10.8 Å². The zero-order valence-corrected chi connectivity index (χ0v) is 15.3. The van der Waals surface area contributed by atoms with E-state index in [2.05, 4.69) is 67.6 Å². The predicted octanol–water partition coefficient (Wildman–Crippen LogP) is 3.92. The molecule has 0 fully saturated rings. The highest BCUT2D eigenvalue weighted by Crippen LogP contribution is 2.31. The van der Waals surface area contributed by atoms with Crippen LogP contribution in [0.25, 0.3) is 0 Å². The number of hydrogen-bond donors (Lipinski definition) is 2. The van der Waals surface area contributed by atoms with E-state index in [0.29, 0.717) is 5.41 Å². The van der Waals surface area contributed by atoms with Crippen LogP contribution in [-0.4, -0.2) is 24.4 Å². The molecule has 0 rings (SSSR count). The standard InChI is InChI=1S/C17H38N2O/c1-14(2,3)10-12-19-17(9,18)16(7,8)11-13-20-15(4,5)6/h19H,10-13,18H2,1-9H3. The quantitative estimate of drug-likeness (QED) is 0.697. The molecular weight excluding hydrogens is 248 g/mol. The highest BCUT2D eigenvalue weighted by Gasteiger charge is 2.37. The first-order valence-corrected chi connectivity index (χ1v) is 7.84. The molecule has 1 atom stereocenters. The third kappa shape index (κ3) is 8.23. The first kappa shape index (κ1) is 19.9. The second kappa shape index (κ2) is 6.76. The summed E-state index contributed by atoms with van der Waals surface area (Å²) in [4.78, 5) is 0. The Balaban J connectivity index is 4.34. The van der Waals surface area contributed by atoms with E-state index in [1.54, 1.807) is 0 Å². The van der Waals surface area contributed by atoms with Crippen LogP contribution in [0.2, 0.25) is 0 Å². The third-order valence-corrected chi connectivity index (χ3v) is 4.04. The van der Waals surface area contributed by atoms with Gasteiger partial charge >= 0.3 is 0 Å². The molecule has 0 saturated heterocycles. The summed E-state index contributed by atoms with van der Waals surface area (Å²) < 4.78 is 5.84. The molecule has 0 aliphatic heterocycles. The van der Waals surface area contributed by atoms with E-state index in [9.17, 15) is 0 Å². The zero-order valence-electron chi connectivity index (χ0n) is 15.3. The van der Waals surface area contributed by atoms with Crippen molar-refractivity contribution in [1.82, 2.24) is 5.32 Å². The molecule has 0 radical (unpaired) electrons. The number of nitrogens with one attached hydrogen (secondary N) is 1. The maximum Gasteiger partial charge on any atom is 0.0686 e. The molecule has 122 valence electrons. The zero-order chi connectivity index (χ0) is 16.2. The SMILES string of the molecule is CC(C)(C)CCNC(C)(N)C(C)(C)CCOC(C)(C)C. The minimum atomic E-state index is -0.389. The van der Waals surface area contributed by atoms with Gasteiger partial charge in [0, 0.05) is 6.61 Å². The molecule has 0 saturated carbocycles. The maximum absolute atomic E-state index is 6.51. The molecule has 0 spiro atoms. The summed E-state index contributed by atoms with van der Waals surface area (Å²) in [5.41, 5.74) is 6.35. The summed E-state index contributed by atoms with van der Waals surface area (Å²) in [7, 11) is 0. The summed E-state index contributed by atoms with van der Waals surface area (Å²) in [5.74, 6) is 0. The fourth-order valence-corrected chi connectivity index (χ4v) is 1.81. The van der Waals surface area contributed by atoms with E-state index in [1.807, 2.05) is 0 Å². The lowest BCUT2D eigenvalue weighted by molar-refractivity contribution is -0.0266. The van der Waals surface area contributed by atoms with Crippen molar-refractivity contribution in [1.29, 1.82) is 0 Å². The minimum absolute atomic E-state index is 0.0177. The van der Waals surface area contributed by atoms with E-state index in [0.717, 1.165) is 26.0 Å². The molecule has 0 bridgehead atoms. The van der Waals surface area contributed by atoms with Crippen molar-refractivity contribution in [2.45, 2.75) is 86.4 Å². The highest BCUT2D eigenvalue weighted by atomic mass is 16.5. The van der Waals surface area contributed by atoms with Crippen molar-refractivity contribution in [2.75, 3.05) is 13.2 Å². The van der Waals surface area contributed by atoms with Gasteiger partial charge in [-0.05, 0) is 57.9 Å². The second-order valence-electron chi connectivity index (χ2n) is 9.03. The first-order valence-electron chi connectivity index (χ1n) is 7.84. The Labute approximate surface area is 127 Å². The molecule has 0 aromatic carbocycles. The number of ether oxygens (including phenoxy) is 1. The Hall–Kier alpha value is -0.120. The van der Waals surface area contributed by atoms with Gasteiger partial charge in [0.25, 0.3) is 0 Å². The lowest BCUT2D eigenvalue weighted by Crippen LogP contribution is -2.61. The van der Waals surface area contributed by atoms with Crippen LogP contribution in [0.15, 0.2) is 0 Å². The molecule has 20 heavy (non-hydrogen) atoms. The van der Waals surface area contributed by atoms with Gasteiger partial charge < -0.3 is 10.5 Å². The minimum Gasteiger partial charge on any atom is -0.376 e. The molecule has 0 heterocycles.